The molecule has 0 aliphatic rings. The van der Waals surface area contributed by atoms with Gasteiger partial charge in [0.25, 0.3) is 0 Å². The fourth-order valence-corrected chi connectivity index (χ4v) is 1.26. The minimum atomic E-state index is -0.616. The molecule has 1 rings (SSSR count). The molecule has 6 heteroatoms. The SMILES string of the molecule is CCOc1cc(F)c(Br)cc1[N+](=O)[O-]. The molecule has 76 valence electrons. The second-order valence-corrected chi connectivity index (χ2v) is 3.28. The maximum Gasteiger partial charge on any atom is 0.312 e. The zero-order valence-electron chi connectivity index (χ0n) is 7.29. The number of hydrogen-bond donors (Lipinski definition) is 0. The summed E-state index contributed by atoms with van der Waals surface area (Å²) in [7, 11) is 0. The predicted molar refractivity (Wildman–Crippen MR) is 51.9 cm³/mol. The number of hydrogen-bond acceptors (Lipinski definition) is 3. The van der Waals surface area contributed by atoms with E-state index in [9.17, 15) is 14.5 Å². The average molecular weight is 264 g/mol. The molecule has 0 spiro atoms. The Morgan fingerprint density at radius 2 is 2.29 bits per heavy atom. The van der Waals surface area contributed by atoms with Crippen molar-refractivity contribution < 1.29 is 14.1 Å². The van der Waals surface area contributed by atoms with Crippen LogP contribution < -0.4 is 4.74 Å². The molecular weight excluding hydrogens is 257 g/mol. The molecule has 0 aromatic heterocycles. The predicted octanol–water partition coefficient (Wildman–Crippen LogP) is 2.90. The van der Waals surface area contributed by atoms with Gasteiger partial charge < -0.3 is 4.74 Å². The van der Waals surface area contributed by atoms with E-state index in [1.165, 1.54) is 0 Å². The molecule has 0 heterocycles. The van der Waals surface area contributed by atoms with E-state index < -0.39 is 10.7 Å². The van der Waals surface area contributed by atoms with Crippen LogP contribution in [0.3, 0.4) is 0 Å². The Bertz CT molecular complexity index is 370. The third-order valence-electron chi connectivity index (χ3n) is 1.50. The molecule has 4 nitrogen and oxygen atoms in total. The van der Waals surface area contributed by atoms with Crippen LogP contribution in [0.25, 0.3) is 0 Å². The van der Waals surface area contributed by atoms with Crippen LogP contribution in [0, 0.1) is 15.9 Å². The number of nitrogens with zero attached hydrogens (tertiary/aromatic N) is 1. The Kier molecular flexibility index (Phi) is 3.40. The van der Waals surface area contributed by atoms with E-state index in [2.05, 4.69) is 15.9 Å². The molecule has 0 saturated carbocycles. The summed E-state index contributed by atoms with van der Waals surface area (Å²) in [4.78, 5) is 9.93. The maximum atomic E-state index is 13.0. The van der Waals surface area contributed by atoms with Crippen molar-refractivity contribution in [3.63, 3.8) is 0 Å². The van der Waals surface area contributed by atoms with Gasteiger partial charge in [-0.25, -0.2) is 4.39 Å². The fraction of sp³-hybridized carbons (Fsp3) is 0.250. The van der Waals surface area contributed by atoms with Gasteiger partial charge in [-0.1, -0.05) is 0 Å². The van der Waals surface area contributed by atoms with Crippen LogP contribution in [0.15, 0.2) is 16.6 Å². The first-order chi connectivity index (χ1) is 6.56. The number of nitro benzene ring substituents is 1. The van der Waals surface area contributed by atoms with Crippen LogP contribution in [-0.4, -0.2) is 11.5 Å². The molecule has 0 N–H and O–H groups in total. The van der Waals surface area contributed by atoms with E-state index in [0.29, 0.717) is 0 Å². The molecule has 0 fully saturated rings. The minimum absolute atomic E-state index is 0.0488. The molecule has 0 saturated heterocycles. The molecule has 0 aliphatic heterocycles. The van der Waals surface area contributed by atoms with E-state index in [1.54, 1.807) is 6.92 Å². The Labute approximate surface area is 88.0 Å². The van der Waals surface area contributed by atoms with E-state index in [-0.39, 0.29) is 22.5 Å². The molecule has 14 heavy (non-hydrogen) atoms. The monoisotopic (exact) mass is 263 g/mol. The van der Waals surface area contributed by atoms with Crippen LogP contribution in [-0.2, 0) is 0 Å². The number of nitro groups is 1. The van der Waals surface area contributed by atoms with Crippen molar-refractivity contribution in [3.05, 3.63) is 32.5 Å². The normalized spacial score (nSPS) is 9.93. The molecule has 1 aromatic carbocycles. The lowest BCUT2D eigenvalue weighted by Crippen LogP contribution is -1.98. The quantitative estimate of drug-likeness (QED) is 0.623. The summed E-state index contributed by atoms with van der Waals surface area (Å²) in [5, 5.41) is 10.5. The molecule has 0 amide bonds. The number of ether oxygens (including phenoxy) is 1. The highest BCUT2D eigenvalue weighted by atomic mass is 79.9. The largest absolute Gasteiger partial charge is 0.487 e. The second-order valence-electron chi connectivity index (χ2n) is 2.42. The molecule has 1 aromatic rings. The molecular formula is C8H7BrFNO3. The molecule has 0 aliphatic carbocycles. The van der Waals surface area contributed by atoms with E-state index in [4.69, 9.17) is 4.74 Å². The van der Waals surface area contributed by atoms with Gasteiger partial charge in [-0.05, 0) is 22.9 Å². The Morgan fingerprint density at radius 3 is 2.79 bits per heavy atom. The van der Waals surface area contributed by atoms with E-state index >= 15 is 0 Å². The first-order valence-electron chi connectivity index (χ1n) is 3.82. The van der Waals surface area contributed by atoms with Crippen molar-refractivity contribution in [1.29, 1.82) is 0 Å². The van der Waals surface area contributed by atoms with Gasteiger partial charge in [0.1, 0.15) is 5.82 Å². The van der Waals surface area contributed by atoms with Gasteiger partial charge in [-0.15, -0.1) is 0 Å². The Balaban J connectivity index is 3.24. The van der Waals surface area contributed by atoms with Gasteiger partial charge in [-0.2, -0.15) is 0 Å². The molecule has 0 unspecified atom stereocenters. The van der Waals surface area contributed by atoms with Gasteiger partial charge in [0.2, 0.25) is 0 Å². The summed E-state index contributed by atoms with van der Waals surface area (Å²) in [5.41, 5.74) is -0.250. The van der Waals surface area contributed by atoms with Crippen molar-refractivity contribution in [2.24, 2.45) is 0 Å². The van der Waals surface area contributed by atoms with Crippen LogP contribution in [0.1, 0.15) is 6.92 Å². The highest BCUT2D eigenvalue weighted by Gasteiger charge is 2.18. The first kappa shape index (κ1) is 10.9. The standard InChI is InChI=1S/C8H7BrFNO3/c1-2-14-8-4-6(10)5(9)3-7(8)11(12)13/h3-4H,2H2,1H3. The van der Waals surface area contributed by atoms with Crippen molar-refractivity contribution in [2.75, 3.05) is 6.61 Å². The van der Waals surface area contributed by atoms with Gasteiger partial charge in [0, 0.05) is 12.1 Å². The highest BCUT2D eigenvalue weighted by molar-refractivity contribution is 9.10. The lowest BCUT2D eigenvalue weighted by Gasteiger charge is -2.04. The van der Waals surface area contributed by atoms with E-state index in [1.807, 2.05) is 0 Å². The van der Waals surface area contributed by atoms with Crippen molar-refractivity contribution in [3.8, 4) is 5.75 Å². The number of halogens is 2. The van der Waals surface area contributed by atoms with Crippen molar-refractivity contribution in [1.82, 2.24) is 0 Å². The lowest BCUT2D eigenvalue weighted by atomic mass is 10.3. The van der Waals surface area contributed by atoms with Gasteiger partial charge in [-0.3, -0.25) is 10.1 Å². The van der Waals surface area contributed by atoms with Crippen LogP contribution >= 0.6 is 15.9 Å². The van der Waals surface area contributed by atoms with Gasteiger partial charge >= 0.3 is 5.69 Å². The minimum Gasteiger partial charge on any atom is -0.487 e. The summed E-state index contributed by atoms with van der Waals surface area (Å²) in [6.45, 7) is 1.92. The smallest absolute Gasteiger partial charge is 0.312 e. The summed E-state index contributed by atoms with van der Waals surface area (Å²) in [6, 6.07) is 2.08. The fourth-order valence-electron chi connectivity index (χ4n) is 0.932. The average Bonchev–Trinajstić information content (AvgIpc) is 2.11. The molecule has 0 atom stereocenters. The third-order valence-corrected chi connectivity index (χ3v) is 2.11. The van der Waals surface area contributed by atoms with E-state index in [0.717, 1.165) is 12.1 Å². The van der Waals surface area contributed by atoms with Crippen molar-refractivity contribution >= 4 is 21.6 Å². The lowest BCUT2D eigenvalue weighted by molar-refractivity contribution is -0.386. The Hall–Kier alpha value is -1.17. The summed E-state index contributed by atoms with van der Waals surface area (Å²) in [6.07, 6.45) is 0. The third kappa shape index (κ3) is 2.20. The zero-order valence-corrected chi connectivity index (χ0v) is 8.88. The Morgan fingerprint density at radius 1 is 1.64 bits per heavy atom. The topological polar surface area (TPSA) is 52.4 Å². The first-order valence-corrected chi connectivity index (χ1v) is 4.61. The molecule has 0 bridgehead atoms. The maximum absolute atomic E-state index is 13.0. The van der Waals surface area contributed by atoms with Gasteiger partial charge in [0.15, 0.2) is 5.75 Å². The number of benzene rings is 1. The summed E-state index contributed by atoms with van der Waals surface area (Å²) < 4.78 is 18.0. The van der Waals surface area contributed by atoms with Crippen molar-refractivity contribution in [2.45, 2.75) is 6.92 Å². The van der Waals surface area contributed by atoms with Gasteiger partial charge in [0.05, 0.1) is 16.0 Å². The highest BCUT2D eigenvalue weighted by Crippen LogP contribution is 2.32. The zero-order chi connectivity index (χ0) is 10.7. The second kappa shape index (κ2) is 4.36. The van der Waals surface area contributed by atoms with Crippen LogP contribution in [0.5, 0.6) is 5.75 Å². The van der Waals surface area contributed by atoms with Crippen LogP contribution in [0.2, 0.25) is 0 Å². The summed E-state index contributed by atoms with van der Waals surface area (Å²) >= 11 is 2.86. The number of rotatable bonds is 3. The van der Waals surface area contributed by atoms with Crippen LogP contribution in [0.4, 0.5) is 10.1 Å². The summed E-state index contributed by atoms with van der Waals surface area (Å²) in [5.74, 6) is -0.641. The molecule has 0 radical (unpaired) electrons.